The Balaban J connectivity index is 2.11. The topological polar surface area (TPSA) is 39.2 Å². The SMILES string of the molecule is CCCCOc1cccc(-c2cc(C(=O)Cl)c3cc(C)cc(C)c3n2)c1. The molecule has 1 heterocycles. The van der Waals surface area contributed by atoms with Crippen LogP contribution in [0.5, 0.6) is 5.75 Å². The van der Waals surface area contributed by atoms with E-state index in [1.807, 2.05) is 44.2 Å². The van der Waals surface area contributed by atoms with Crippen LogP contribution in [-0.4, -0.2) is 16.8 Å². The Labute approximate surface area is 159 Å². The number of fused-ring (bicyclic) bond motifs is 1. The molecule has 26 heavy (non-hydrogen) atoms. The number of aryl methyl sites for hydroxylation is 2. The maximum atomic E-state index is 12.0. The van der Waals surface area contributed by atoms with Crippen LogP contribution in [0, 0.1) is 13.8 Å². The van der Waals surface area contributed by atoms with E-state index < -0.39 is 5.24 Å². The molecule has 0 saturated carbocycles. The largest absolute Gasteiger partial charge is 0.494 e. The fourth-order valence-corrected chi connectivity index (χ4v) is 3.23. The highest BCUT2D eigenvalue weighted by molar-refractivity contribution is 6.68. The minimum absolute atomic E-state index is 0.473. The van der Waals surface area contributed by atoms with E-state index in [0.717, 1.165) is 51.9 Å². The molecule has 0 aliphatic rings. The molecule has 0 spiro atoms. The van der Waals surface area contributed by atoms with Crippen molar-refractivity contribution >= 4 is 27.7 Å². The van der Waals surface area contributed by atoms with Crippen LogP contribution in [0.2, 0.25) is 0 Å². The molecule has 0 unspecified atom stereocenters. The zero-order valence-electron chi connectivity index (χ0n) is 15.3. The number of halogens is 1. The number of aromatic nitrogens is 1. The summed E-state index contributed by atoms with van der Waals surface area (Å²) in [6, 6.07) is 13.6. The molecule has 3 nitrogen and oxygen atoms in total. The summed E-state index contributed by atoms with van der Waals surface area (Å²) in [5.74, 6) is 0.803. The predicted molar refractivity (Wildman–Crippen MR) is 107 cm³/mol. The number of carbonyl (C=O) groups is 1. The van der Waals surface area contributed by atoms with Gasteiger partial charge in [-0.3, -0.25) is 4.79 Å². The lowest BCUT2D eigenvalue weighted by atomic mass is 10.0. The van der Waals surface area contributed by atoms with E-state index in [0.29, 0.717) is 12.2 Å². The van der Waals surface area contributed by atoms with E-state index >= 15 is 0 Å². The van der Waals surface area contributed by atoms with Crippen molar-refractivity contribution in [2.75, 3.05) is 6.61 Å². The molecule has 0 bridgehead atoms. The predicted octanol–water partition coefficient (Wildman–Crippen LogP) is 6.08. The zero-order valence-corrected chi connectivity index (χ0v) is 16.1. The van der Waals surface area contributed by atoms with Gasteiger partial charge in [-0.15, -0.1) is 0 Å². The Morgan fingerprint density at radius 3 is 2.69 bits per heavy atom. The third kappa shape index (κ3) is 3.88. The molecular formula is C22H22ClNO2. The van der Waals surface area contributed by atoms with Crippen LogP contribution in [0.25, 0.3) is 22.2 Å². The van der Waals surface area contributed by atoms with Gasteiger partial charge in [-0.1, -0.05) is 37.1 Å². The molecule has 2 aromatic carbocycles. The van der Waals surface area contributed by atoms with Crippen molar-refractivity contribution in [3.8, 4) is 17.0 Å². The van der Waals surface area contributed by atoms with Crippen molar-refractivity contribution in [2.24, 2.45) is 0 Å². The quantitative estimate of drug-likeness (QED) is 0.391. The van der Waals surface area contributed by atoms with Gasteiger partial charge in [-0.25, -0.2) is 4.98 Å². The molecule has 4 heteroatoms. The number of hydrogen-bond donors (Lipinski definition) is 0. The fraction of sp³-hybridized carbons (Fsp3) is 0.273. The molecule has 0 amide bonds. The van der Waals surface area contributed by atoms with Gasteiger partial charge in [-0.2, -0.15) is 0 Å². The summed E-state index contributed by atoms with van der Waals surface area (Å²) in [6.45, 7) is 6.82. The lowest BCUT2D eigenvalue weighted by Crippen LogP contribution is -1.99. The van der Waals surface area contributed by atoms with Gasteiger partial charge in [0.2, 0.25) is 0 Å². The minimum Gasteiger partial charge on any atom is -0.494 e. The zero-order chi connectivity index (χ0) is 18.7. The van der Waals surface area contributed by atoms with Crippen LogP contribution in [0.4, 0.5) is 0 Å². The monoisotopic (exact) mass is 367 g/mol. The second kappa shape index (κ2) is 7.88. The van der Waals surface area contributed by atoms with Crippen LogP contribution < -0.4 is 4.74 Å². The molecule has 1 aromatic heterocycles. The van der Waals surface area contributed by atoms with Crippen molar-refractivity contribution in [1.29, 1.82) is 0 Å². The molecule has 0 N–H and O–H groups in total. The first kappa shape index (κ1) is 18.4. The lowest BCUT2D eigenvalue weighted by molar-refractivity contribution is 0.108. The van der Waals surface area contributed by atoms with Crippen LogP contribution in [0.15, 0.2) is 42.5 Å². The van der Waals surface area contributed by atoms with Crippen molar-refractivity contribution in [3.63, 3.8) is 0 Å². The summed E-state index contributed by atoms with van der Waals surface area (Å²) in [5, 5.41) is 0.320. The average molecular weight is 368 g/mol. The molecule has 0 fully saturated rings. The lowest BCUT2D eigenvalue weighted by Gasteiger charge is -2.11. The first-order valence-electron chi connectivity index (χ1n) is 8.84. The maximum Gasteiger partial charge on any atom is 0.253 e. The van der Waals surface area contributed by atoms with Gasteiger partial charge in [-0.05, 0) is 61.7 Å². The molecule has 0 saturated heterocycles. The van der Waals surface area contributed by atoms with E-state index in [1.165, 1.54) is 0 Å². The summed E-state index contributed by atoms with van der Waals surface area (Å²) < 4.78 is 5.79. The molecule has 3 rings (SSSR count). The standard InChI is InChI=1S/C22H22ClNO2/c1-4-5-9-26-17-8-6-7-16(12-17)20-13-19(22(23)25)18-11-14(2)10-15(3)21(18)24-20/h6-8,10-13H,4-5,9H2,1-3H3. The van der Waals surface area contributed by atoms with Gasteiger partial charge >= 0.3 is 0 Å². The molecule has 3 aromatic rings. The third-order valence-corrected chi connectivity index (χ3v) is 4.56. The number of hydrogen-bond acceptors (Lipinski definition) is 3. The highest BCUT2D eigenvalue weighted by atomic mass is 35.5. The van der Waals surface area contributed by atoms with Crippen LogP contribution >= 0.6 is 11.6 Å². The van der Waals surface area contributed by atoms with E-state index in [9.17, 15) is 4.79 Å². The molecule has 0 aliphatic heterocycles. The summed E-state index contributed by atoms with van der Waals surface area (Å²) in [5.41, 5.74) is 5.01. The van der Waals surface area contributed by atoms with Crippen molar-refractivity contribution in [3.05, 3.63) is 59.2 Å². The van der Waals surface area contributed by atoms with Crippen LogP contribution in [0.3, 0.4) is 0 Å². The maximum absolute atomic E-state index is 12.0. The minimum atomic E-state index is -0.473. The van der Waals surface area contributed by atoms with E-state index in [2.05, 4.69) is 13.0 Å². The Kier molecular flexibility index (Phi) is 5.58. The highest BCUT2D eigenvalue weighted by Crippen LogP contribution is 2.30. The molecule has 0 radical (unpaired) electrons. The first-order valence-corrected chi connectivity index (χ1v) is 9.22. The normalized spacial score (nSPS) is 10.9. The van der Waals surface area contributed by atoms with Crippen molar-refractivity contribution in [1.82, 2.24) is 4.98 Å². The average Bonchev–Trinajstić information content (AvgIpc) is 2.61. The van der Waals surface area contributed by atoms with E-state index in [4.69, 9.17) is 21.3 Å². The number of rotatable bonds is 6. The highest BCUT2D eigenvalue weighted by Gasteiger charge is 2.14. The summed E-state index contributed by atoms with van der Waals surface area (Å²) in [6.07, 6.45) is 2.10. The molecular weight excluding hydrogens is 346 g/mol. The number of benzene rings is 2. The molecule has 0 atom stereocenters. The van der Waals surface area contributed by atoms with Gasteiger partial charge in [0.05, 0.1) is 17.8 Å². The van der Waals surface area contributed by atoms with E-state index in [-0.39, 0.29) is 0 Å². The van der Waals surface area contributed by atoms with Gasteiger partial charge < -0.3 is 4.74 Å². The number of carbonyl (C=O) groups excluding carboxylic acids is 1. The summed E-state index contributed by atoms with van der Waals surface area (Å²) in [7, 11) is 0. The van der Waals surface area contributed by atoms with Gasteiger partial charge in [0, 0.05) is 16.5 Å². The molecule has 0 aliphatic carbocycles. The Morgan fingerprint density at radius 2 is 1.96 bits per heavy atom. The Bertz CT molecular complexity index is 966. The number of ether oxygens (including phenoxy) is 1. The Morgan fingerprint density at radius 1 is 1.15 bits per heavy atom. The van der Waals surface area contributed by atoms with E-state index in [1.54, 1.807) is 6.07 Å². The van der Waals surface area contributed by atoms with Crippen LogP contribution in [0.1, 0.15) is 41.3 Å². The fourth-order valence-electron chi connectivity index (χ4n) is 3.07. The second-order valence-electron chi connectivity index (χ2n) is 6.54. The first-order chi connectivity index (χ1) is 12.5. The van der Waals surface area contributed by atoms with Gasteiger partial charge in [0.15, 0.2) is 0 Å². The Hall–Kier alpha value is -2.39. The second-order valence-corrected chi connectivity index (χ2v) is 6.88. The summed E-state index contributed by atoms with van der Waals surface area (Å²) in [4.78, 5) is 16.8. The van der Waals surface area contributed by atoms with Crippen molar-refractivity contribution < 1.29 is 9.53 Å². The number of unbranched alkanes of at least 4 members (excludes halogenated alkanes) is 1. The van der Waals surface area contributed by atoms with Gasteiger partial charge in [0.25, 0.3) is 5.24 Å². The smallest absolute Gasteiger partial charge is 0.253 e. The number of pyridine rings is 1. The van der Waals surface area contributed by atoms with Gasteiger partial charge in [0.1, 0.15) is 5.75 Å². The number of nitrogens with zero attached hydrogens (tertiary/aromatic N) is 1. The molecule has 134 valence electrons. The van der Waals surface area contributed by atoms with Crippen LogP contribution in [-0.2, 0) is 0 Å². The summed E-state index contributed by atoms with van der Waals surface area (Å²) >= 11 is 5.87. The van der Waals surface area contributed by atoms with Crippen molar-refractivity contribution in [2.45, 2.75) is 33.6 Å². The third-order valence-electron chi connectivity index (χ3n) is 4.36.